The highest BCUT2D eigenvalue weighted by Gasteiger charge is 2.49. The normalized spacial score (nSPS) is 17.4. The number of carbonyl (C=O) groups is 2. The lowest BCUT2D eigenvalue weighted by Gasteiger charge is -2.37. The molecule has 1 saturated heterocycles. The van der Waals surface area contributed by atoms with Gasteiger partial charge in [0.1, 0.15) is 5.75 Å². The van der Waals surface area contributed by atoms with Gasteiger partial charge in [0, 0.05) is 18.8 Å². The summed E-state index contributed by atoms with van der Waals surface area (Å²) in [5, 5.41) is 5.93. The molecule has 0 unspecified atom stereocenters. The lowest BCUT2D eigenvalue weighted by molar-refractivity contribution is -0.122. The maximum atomic E-state index is 12.8. The van der Waals surface area contributed by atoms with Crippen molar-refractivity contribution < 1.29 is 14.3 Å². The average molecular weight is 365 g/mol. The second kappa shape index (κ2) is 6.61. The van der Waals surface area contributed by atoms with E-state index in [0.717, 1.165) is 22.5 Å². The van der Waals surface area contributed by atoms with Crippen molar-refractivity contribution in [3.63, 3.8) is 0 Å². The summed E-state index contributed by atoms with van der Waals surface area (Å²) in [6.07, 6.45) is 1.19. The molecule has 0 bridgehead atoms. The zero-order valence-electron chi connectivity index (χ0n) is 15.5. The summed E-state index contributed by atoms with van der Waals surface area (Å²) in [6.45, 7) is 3.05. The Morgan fingerprint density at radius 2 is 1.93 bits per heavy atom. The van der Waals surface area contributed by atoms with Crippen LogP contribution in [0.25, 0.3) is 0 Å². The second-order valence-corrected chi connectivity index (χ2v) is 7.21. The molecule has 27 heavy (non-hydrogen) atoms. The summed E-state index contributed by atoms with van der Waals surface area (Å²) < 4.78 is 5.39. The summed E-state index contributed by atoms with van der Waals surface area (Å²) in [5.41, 5.74) is 3.05. The maximum Gasteiger partial charge on any atom is 0.321 e. The van der Waals surface area contributed by atoms with Gasteiger partial charge in [-0.15, -0.1) is 0 Å². The van der Waals surface area contributed by atoms with Gasteiger partial charge in [0.2, 0.25) is 5.91 Å². The first-order chi connectivity index (χ1) is 13.0. The fourth-order valence-electron chi connectivity index (χ4n) is 4.10. The highest BCUT2D eigenvalue weighted by atomic mass is 16.5. The van der Waals surface area contributed by atoms with E-state index in [9.17, 15) is 9.59 Å². The van der Waals surface area contributed by atoms with E-state index in [0.29, 0.717) is 31.7 Å². The van der Waals surface area contributed by atoms with Crippen molar-refractivity contribution in [1.82, 2.24) is 4.90 Å². The Labute approximate surface area is 158 Å². The zero-order valence-corrected chi connectivity index (χ0v) is 15.5. The molecule has 2 aromatic rings. The van der Waals surface area contributed by atoms with Crippen molar-refractivity contribution in [2.24, 2.45) is 0 Å². The zero-order chi connectivity index (χ0) is 19.0. The number of para-hydroxylation sites is 1. The number of hydrogen-bond acceptors (Lipinski definition) is 3. The van der Waals surface area contributed by atoms with Crippen LogP contribution >= 0.6 is 0 Å². The van der Waals surface area contributed by atoms with Crippen LogP contribution in [0.3, 0.4) is 0 Å². The molecule has 2 heterocycles. The number of hydrogen-bond donors (Lipinski definition) is 2. The smallest absolute Gasteiger partial charge is 0.321 e. The van der Waals surface area contributed by atoms with E-state index in [4.69, 9.17) is 4.74 Å². The number of urea groups is 1. The number of carbonyl (C=O) groups excluding carboxylic acids is 2. The molecule has 2 aliphatic heterocycles. The molecular weight excluding hydrogens is 342 g/mol. The van der Waals surface area contributed by atoms with E-state index < -0.39 is 5.41 Å². The molecule has 4 rings (SSSR count). The second-order valence-electron chi connectivity index (χ2n) is 7.21. The van der Waals surface area contributed by atoms with Gasteiger partial charge < -0.3 is 20.3 Å². The van der Waals surface area contributed by atoms with Crippen LogP contribution in [0.2, 0.25) is 0 Å². The number of methoxy groups -OCH3 is 1. The minimum Gasteiger partial charge on any atom is -0.495 e. The Morgan fingerprint density at radius 1 is 1.19 bits per heavy atom. The number of nitrogens with one attached hydrogen (secondary N) is 2. The molecule has 0 atom stereocenters. The van der Waals surface area contributed by atoms with Crippen LogP contribution in [-0.2, 0) is 10.2 Å². The summed E-state index contributed by atoms with van der Waals surface area (Å²) in [6, 6.07) is 13.4. The molecule has 0 aromatic heterocycles. The molecule has 140 valence electrons. The van der Waals surface area contributed by atoms with Gasteiger partial charge in [0.15, 0.2) is 0 Å². The van der Waals surface area contributed by atoms with Gasteiger partial charge in [-0.05, 0) is 49.1 Å². The van der Waals surface area contributed by atoms with Crippen LogP contribution in [0.15, 0.2) is 42.5 Å². The van der Waals surface area contributed by atoms with Crippen molar-refractivity contribution >= 4 is 23.3 Å². The molecule has 3 amide bonds. The molecule has 1 fully saturated rings. The minimum absolute atomic E-state index is 0.000687. The largest absolute Gasteiger partial charge is 0.495 e. The van der Waals surface area contributed by atoms with Crippen LogP contribution < -0.4 is 15.4 Å². The number of anilines is 2. The Morgan fingerprint density at radius 3 is 2.63 bits per heavy atom. The van der Waals surface area contributed by atoms with E-state index >= 15 is 0 Å². The third kappa shape index (κ3) is 2.91. The quantitative estimate of drug-likeness (QED) is 0.855. The highest BCUT2D eigenvalue weighted by molar-refractivity contribution is 6.08. The highest BCUT2D eigenvalue weighted by Crippen LogP contribution is 2.48. The number of rotatable bonds is 2. The van der Waals surface area contributed by atoms with Crippen LogP contribution in [0.4, 0.5) is 16.2 Å². The van der Waals surface area contributed by atoms with Gasteiger partial charge >= 0.3 is 6.03 Å². The Bertz CT molecular complexity index is 901. The summed E-state index contributed by atoms with van der Waals surface area (Å²) >= 11 is 0. The fourth-order valence-corrected chi connectivity index (χ4v) is 4.10. The molecule has 0 aliphatic carbocycles. The first-order valence-electron chi connectivity index (χ1n) is 9.15. The lowest BCUT2D eigenvalue weighted by atomic mass is 9.73. The maximum absolute atomic E-state index is 12.8. The van der Waals surface area contributed by atoms with Gasteiger partial charge in [-0.1, -0.05) is 24.3 Å². The first-order valence-corrected chi connectivity index (χ1v) is 9.15. The molecule has 1 spiro atoms. The number of amides is 3. The lowest BCUT2D eigenvalue weighted by Crippen LogP contribution is -2.49. The van der Waals surface area contributed by atoms with Crippen molar-refractivity contribution in [1.29, 1.82) is 0 Å². The third-order valence-electron chi connectivity index (χ3n) is 5.61. The SMILES string of the molecule is COc1cccc2c1NC(=O)C21CCN(C(=O)Nc2cccc(C)c2)CC1. The Balaban J connectivity index is 1.49. The van der Waals surface area contributed by atoms with E-state index in [1.54, 1.807) is 12.0 Å². The fraction of sp³-hybridized carbons (Fsp3) is 0.333. The average Bonchev–Trinajstić information content (AvgIpc) is 2.94. The van der Waals surface area contributed by atoms with Crippen LogP contribution in [-0.4, -0.2) is 37.0 Å². The summed E-state index contributed by atoms with van der Waals surface area (Å²) in [4.78, 5) is 27.2. The molecule has 2 aliphatic rings. The topological polar surface area (TPSA) is 70.7 Å². The van der Waals surface area contributed by atoms with E-state index in [-0.39, 0.29) is 11.9 Å². The number of fused-ring (bicyclic) bond motifs is 2. The van der Waals surface area contributed by atoms with Gasteiger partial charge in [-0.25, -0.2) is 4.79 Å². The summed E-state index contributed by atoms with van der Waals surface area (Å²) in [7, 11) is 1.60. The van der Waals surface area contributed by atoms with E-state index in [1.807, 2.05) is 49.4 Å². The van der Waals surface area contributed by atoms with Gasteiger partial charge in [-0.3, -0.25) is 4.79 Å². The molecule has 6 heteroatoms. The van der Waals surface area contributed by atoms with Gasteiger partial charge in [0.25, 0.3) is 0 Å². The molecular formula is C21H23N3O3. The van der Waals surface area contributed by atoms with Crippen molar-refractivity contribution in [3.05, 3.63) is 53.6 Å². The van der Waals surface area contributed by atoms with E-state index in [2.05, 4.69) is 10.6 Å². The van der Waals surface area contributed by atoms with Gasteiger partial charge in [0.05, 0.1) is 18.2 Å². The van der Waals surface area contributed by atoms with E-state index in [1.165, 1.54) is 0 Å². The Hall–Kier alpha value is -3.02. The van der Waals surface area contributed by atoms with Gasteiger partial charge in [-0.2, -0.15) is 0 Å². The van der Waals surface area contributed by atoms with Crippen LogP contribution in [0.5, 0.6) is 5.75 Å². The van der Waals surface area contributed by atoms with Crippen molar-refractivity contribution in [3.8, 4) is 5.75 Å². The van der Waals surface area contributed by atoms with Crippen molar-refractivity contribution in [2.75, 3.05) is 30.8 Å². The summed E-state index contributed by atoms with van der Waals surface area (Å²) in [5.74, 6) is 0.679. The molecule has 2 aromatic carbocycles. The molecule has 2 N–H and O–H groups in total. The monoisotopic (exact) mass is 365 g/mol. The van der Waals surface area contributed by atoms with Crippen molar-refractivity contribution in [2.45, 2.75) is 25.2 Å². The number of likely N-dealkylation sites (tertiary alicyclic amines) is 1. The third-order valence-corrected chi connectivity index (χ3v) is 5.61. The number of benzene rings is 2. The minimum atomic E-state index is -0.579. The molecule has 6 nitrogen and oxygen atoms in total. The molecule has 0 saturated carbocycles. The van der Waals surface area contributed by atoms with Crippen LogP contribution in [0, 0.1) is 6.92 Å². The van der Waals surface area contributed by atoms with Crippen LogP contribution in [0.1, 0.15) is 24.0 Å². The number of aryl methyl sites for hydroxylation is 1. The number of nitrogens with zero attached hydrogens (tertiary/aromatic N) is 1. The number of ether oxygens (including phenoxy) is 1. The molecule has 0 radical (unpaired) electrons. The Kier molecular flexibility index (Phi) is 4.26. The predicted octanol–water partition coefficient (Wildman–Crippen LogP) is 3.52. The predicted molar refractivity (Wildman–Crippen MR) is 104 cm³/mol. The standard InChI is InChI=1S/C21H23N3O3/c1-14-5-3-6-15(13-14)22-20(26)24-11-9-21(10-12-24)16-7-4-8-17(27-2)18(16)23-19(21)25/h3-8,13H,9-12H2,1-2H3,(H,22,26)(H,23,25). The number of piperidine rings is 1. The first kappa shape index (κ1) is 17.4.